The number of anilines is 1. The Balaban J connectivity index is 1.50. The molecule has 2 heterocycles. The lowest BCUT2D eigenvalue weighted by Gasteiger charge is -2.07. The van der Waals surface area contributed by atoms with Crippen LogP contribution in [0.3, 0.4) is 0 Å². The molecule has 166 valence electrons. The summed E-state index contributed by atoms with van der Waals surface area (Å²) in [6.45, 7) is 1.80. The predicted molar refractivity (Wildman–Crippen MR) is 125 cm³/mol. The summed E-state index contributed by atoms with van der Waals surface area (Å²) in [5.74, 6) is 0.378. The van der Waals surface area contributed by atoms with Gasteiger partial charge in [0, 0.05) is 17.5 Å². The zero-order chi connectivity index (χ0) is 22.9. The van der Waals surface area contributed by atoms with E-state index >= 15 is 0 Å². The van der Waals surface area contributed by atoms with Crippen molar-refractivity contribution in [3.05, 3.63) is 59.2 Å². The van der Waals surface area contributed by atoms with E-state index in [4.69, 9.17) is 16.3 Å². The van der Waals surface area contributed by atoms with Crippen molar-refractivity contribution in [2.24, 2.45) is 0 Å². The van der Waals surface area contributed by atoms with Crippen molar-refractivity contribution in [2.45, 2.75) is 18.2 Å². The van der Waals surface area contributed by atoms with E-state index in [1.54, 1.807) is 20.1 Å². The van der Waals surface area contributed by atoms with Gasteiger partial charge in [0.2, 0.25) is 11.0 Å². The highest BCUT2D eigenvalue weighted by atomic mass is 35.5. The molecule has 11 heteroatoms. The zero-order valence-corrected chi connectivity index (χ0v) is 19.6. The number of carbonyl (C=O) groups is 1. The number of methoxy groups -OCH3 is 1. The van der Waals surface area contributed by atoms with Gasteiger partial charge < -0.3 is 10.1 Å². The molecule has 4 aromatic rings. The fraction of sp³-hybridized carbons (Fsp3) is 0.190. The molecule has 0 saturated carbocycles. The second kappa shape index (κ2) is 8.89. The molecule has 0 aliphatic carbocycles. The number of aromatic nitrogens is 3. The molecule has 0 saturated heterocycles. The van der Waals surface area contributed by atoms with Gasteiger partial charge in [-0.05, 0) is 49.4 Å². The van der Waals surface area contributed by atoms with Crippen LogP contribution in [-0.4, -0.2) is 42.0 Å². The van der Waals surface area contributed by atoms with Crippen LogP contribution in [0.2, 0.25) is 5.02 Å². The minimum atomic E-state index is -3.61. The minimum absolute atomic E-state index is 0.125. The lowest BCUT2D eigenvalue weighted by molar-refractivity contribution is -0.115. The van der Waals surface area contributed by atoms with Crippen LogP contribution in [0.5, 0.6) is 5.75 Å². The molecule has 0 spiro atoms. The smallest absolute Gasteiger partial charge is 0.226 e. The number of ether oxygens (including phenoxy) is 1. The van der Waals surface area contributed by atoms with Gasteiger partial charge in [-0.3, -0.25) is 4.79 Å². The van der Waals surface area contributed by atoms with Gasteiger partial charge in [0.1, 0.15) is 11.6 Å². The maximum Gasteiger partial charge on any atom is 0.226 e. The molecule has 0 fully saturated rings. The second-order valence-corrected chi connectivity index (χ2v) is 10.5. The van der Waals surface area contributed by atoms with Crippen LogP contribution >= 0.6 is 22.9 Å². The Morgan fingerprint density at radius 2 is 1.94 bits per heavy atom. The van der Waals surface area contributed by atoms with E-state index in [9.17, 15) is 13.2 Å². The number of hydrogen-bond donors (Lipinski definition) is 1. The lowest BCUT2D eigenvalue weighted by Crippen LogP contribution is -2.19. The average Bonchev–Trinajstić information content (AvgIpc) is 3.34. The molecule has 2 aromatic heterocycles. The molecule has 0 aliphatic heterocycles. The Labute approximate surface area is 193 Å². The van der Waals surface area contributed by atoms with E-state index in [-0.39, 0.29) is 17.1 Å². The first-order valence-corrected chi connectivity index (χ1v) is 12.4. The quantitative estimate of drug-likeness (QED) is 0.415. The van der Waals surface area contributed by atoms with Crippen LogP contribution in [0.4, 0.5) is 5.82 Å². The van der Waals surface area contributed by atoms with Crippen LogP contribution in [0, 0.1) is 6.92 Å². The van der Waals surface area contributed by atoms with Crippen molar-refractivity contribution in [3.8, 4) is 10.9 Å². The summed E-state index contributed by atoms with van der Waals surface area (Å²) < 4.78 is 32.7. The Morgan fingerprint density at radius 3 is 2.66 bits per heavy atom. The van der Waals surface area contributed by atoms with Crippen LogP contribution < -0.4 is 10.1 Å². The summed E-state index contributed by atoms with van der Waals surface area (Å²) in [6.07, 6.45) is -0.202. The third-order valence-electron chi connectivity index (χ3n) is 4.64. The van der Waals surface area contributed by atoms with Crippen LogP contribution in [0.1, 0.15) is 12.1 Å². The average molecular weight is 491 g/mol. The van der Waals surface area contributed by atoms with Gasteiger partial charge in [-0.1, -0.05) is 22.9 Å². The summed E-state index contributed by atoms with van der Waals surface area (Å²) in [6, 6.07) is 13.1. The normalized spacial score (nSPS) is 11.6. The number of fused-ring (bicyclic) bond motifs is 1. The standard InChI is InChI=1S/C21H19ClN4O4S2/c1-13-11-19(24-20(27)9-10-32(28,29)16-6-3-14(22)4-7-16)26(25-13)21-23-17-8-5-15(30-2)12-18(17)31-21/h3-8,11-12H,9-10H2,1-2H3,(H,24,27). The van der Waals surface area contributed by atoms with Gasteiger partial charge in [-0.2, -0.15) is 9.78 Å². The van der Waals surface area contributed by atoms with Gasteiger partial charge in [-0.25, -0.2) is 13.4 Å². The molecule has 0 aliphatic rings. The Bertz CT molecular complexity index is 1400. The molecule has 1 N–H and O–H groups in total. The van der Waals surface area contributed by atoms with E-state index in [0.717, 1.165) is 16.0 Å². The molecular weight excluding hydrogens is 472 g/mol. The van der Waals surface area contributed by atoms with Gasteiger partial charge >= 0.3 is 0 Å². The van der Waals surface area contributed by atoms with Gasteiger partial charge in [0.15, 0.2) is 9.84 Å². The Kier molecular flexibility index (Phi) is 6.18. The number of carbonyl (C=O) groups excluding carboxylic acids is 1. The van der Waals surface area contributed by atoms with Crippen molar-refractivity contribution in [1.29, 1.82) is 0 Å². The second-order valence-electron chi connectivity index (χ2n) is 6.98. The molecule has 4 rings (SSSR count). The van der Waals surface area contributed by atoms with E-state index in [1.807, 2.05) is 18.2 Å². The van der Waals surface area contributed by atoms with Crippen LogP contribution in [0.25, 0.3) is 15.3 Å². The monoisotopic (exact) mass is 490 g/mol. The molecular formula is C21H19ClN4O4S2. The van der Waals surface area contributed by atoms with E-state index < -0.39 is 15.7 Å². The van der Waals surface area contributed by atoms with Crippen LogP contribution in [-0.2, 0) is 14.6 Å². The molecule has 0 bridgehead atoms. The first-order valence-electron chi connectivity index (χ1n) is 9.55. The van der Waals surface area contributed by atoms with Crippen molar-refractivity contribution >= 4 is 54.7 Å². The maximum atomic E-state index is 12.5. The molecule has 0 atom stereocenters. The highest BCUT2D eigenvalue weighted by molar-refractivity contribution is 7.91. The topological polar surface area (TPSA) is 103 Å². The number of nitrogens with one attached hydrogen (secondary N) is 1. The molecule has 8 nitrogen and oxygen atoms in total. The zero-order valence-electron chi connectivity index (χ0n) is 17.2. The fourth-order valence-electron chi connectivity index (χ4n) is 3.04. The van der Waals surface area contributed by atoms with Gasteiger partial charge in [0.25, 0.3) is 0 Å². The molecule has 2 aromatic carbocycles. The number of hydrogen-bond acceptors (Lipinski definition) is 7. The first kappa shape index (κ1) is 22.3. The van der Waals surface area contributed by atoms with Crippen molar-refractivity contribution in [3.63, 3.8) is 0 Å². The number of sulfone groups is 1. The van der Waals surface area contributed by atoms with Gasteiger partial charge in [-0.15, -0.1) is 0 Å². The fourth-order valence-corrected chi connectivity index (χ4v) is 5.36. The summed E-state index contributed by atoms with van der Waals surface area (Å²) >= 11 is 7.21. The number of aryl methyl sites for hydroxylation is 1. The van der Waals surface area contributed by atoms with E-state index in [1.165, 1.54) is 40.3 Å². The number of rotatable bonds is 7. The number of amides is 1. The van der Waals surface area contributed by atoms with Crippen LogP contribution in [0.15, 0.2) is 53.4 Å². The SMILES string of the molecule is COc1ccc2nc(-n3nc(C)cc3NC(=O)CCS(=O)(=O)c3ccc(Cl)cc3)sc2c1. The van der Waals surface area contributed by atoms with E-state index in [0.29, 0.717) is 21.7 Å². The Hall–Kier alpha value is -2.95. The molecule has 0 radical (unpaired) electrons. The third kappa shape index (κ3) is 4.77. The summed E-state index contributed by atoms with van der Waals surface area (Å²) in [4.78, 5) is 17.2. The van der Waals surface area contributed by atoms with Crippen molar-refractivity contribution in [1.82, 2.24) is 14.8 Å². The van der Waals surface area contributed by atoms with E-state index in [2.05, 4.69) is 15.4 Å². The highest BCUT2D eigenvalue weighted by Crippen LogP contribution is 2.30. The number of halogens is 1. The summed E-state index contributed by atoms with van der Waals surface area (Å²) in [7, 11) is -2.01. The van der Waals surface area contributed by atoms with Crippen molar-refractivity contribution in [2.75, 3.05) is 18.2 Å². The molecule has 1 amide bonds. The summed E-state index contributed by atoms with van der Waals surface area (Å²) in [5.41, 5.74) is 1.47. The predicted octanol–water partition coefficient (Wildman–Crippen LogP) is 4.25. The largest absolute Gasteiger partial charge is 0.497 e. The molecule has 0 unspecified atom stereocenters. The lowest BCUT2D eigenvalue weighted by atomic mass is 10.3. The highest BCUT2D eigenvalue weighted by Gasteiger charge is 2.19. The minimum Gasteiger partial charge on any atom is -0.497 e. The summed E-state index contributed by atoms with van der Waals surface area (Å²) in [5, 5.41) is 8.19. The number of benzene rings is 2. The Morgan fingerprint density at radius 1 is 1.19 bits per heavy atom. The van der Waals surface area contributed by atoms with Crippen molar-refractivity contribution < 1.29 is 17.9 Å². The third-order valence-corrected chi connectivity index (χ3v) is 7.61. The maximum absolute atomic E-state index is 12.5. The molecule has 32 heavy (non-hydrogen) atoms. The number of thiazole rings is 1. The first-order chi connectivity index (χ1) is 15.2. The number of nitrogens with zero attached hydrogens (tertiary/aromatic N) is 3. The van der Waals surface area contributed by atoms with Gasteiger partial charge in [0.05, 0.1) is 33.7 Å².